The Hall–Kier alpha value is -2.98. The van der Waals surface area contributed by atoms with Crippen LogP contribution in [0.4, 0.5) is 5.69 Å². The average Bonchev–Trinajstić information content (AvgIpc) is 3.00. The Balaban J connectivity index is 2.19. The van der Waals surface area contributed by atoms with Gasteiger partial charge in [-0.3, -0.25) is 14.4 Å². The second-order valence-electron chi connectivity index (χ2n) is 4.72. The predicted octanol–water partition coefficient (Wildman–Crippen LogP) is 3.04. The molecule has 6 nitrogen and oxygen atoms in total. The van der Waals surface area contributed by atoms with Gasteiger partial charge < -0.3 is 10.1 Å². The summed E-state index contributed by atoms with van der Waals surface area (Å²) in [5.41, 5.74) is 2.95. The fourth-order valence-electron chi connectivity index (χ4n) is 2.30. The largest absolute Gasteiger partial charge is 0.493 e. The Morgan fingerprint density at radius 3 is 3.00 bits per heavy atom. The van der Waals surface area contributed by atoms with Crippen molar-refractivity contribution in [2.75, 3.05) is 0 Å². The van der Waals surface area contributed by atoms with Crippen molar-refractivity contribution < 1.29 is 9.90 Å². The van der Waals surface area contributed by atoms with Crippen LogP contribution in [0.25, 0.3) is 11.6 Å². The lowest BCUT2D eigenvalue weighted by Gasteiger charge is -2.03. The zero-order valence-electron chi connectivity index (χ0n) is 11.5. The number of carbonyl (C=O) groups excluding carboxylic acids is 1. The molecule has 7 heteroatoms. The molecule has 2 N–H and O–H groups in total. The Morgan fingerprint density at radius 2 is 2.32 bits per heavy atom. The first-order chi connectivity index (χ1) is 10.5. The maximum atomic E-state index is 11.7. The molecule has 0 atom stereocenters. The number of rotatable bonds is 1. The molecule has 0 saturated heterocycles. The fourth-order valence-corrected chi connectivity index (χ4v) is 2.63. The number of aliphatic imine (C=N–C) groups is 1. The summed E-state index contributed by atoms with van der Waals surface area (Å²) in [6, 6.07) is 7.22. The highest BCUT2D eigenvalue weighted by atomic mass is 32.1. The van der Waals surface area contributed by atoms with Crippen LogP contribution < -0.4 is 0 Å². The number of allylic oxidation sites excluding steroid dienone is 1. The van der Waals surface area contributed by atoms with Crippen LogP contribution in [-0.2, 0) is 0 Å². The number of aromatic hydroxyl groups is 1. The highest BCUT2D eigenvalue weighted by molar-refractivity contribution is 7.71. The van der Waals surface area contributed by atoms with Crippen LogP contribution in [0.5, 0.6) is 5.88 Å². The molecule has 1 aromatic carbocycles. The van der Waals surface area contributed by atoms with Gasteiger partial charge in [-0.25, -0.2) is 0 Å². The quantitative estimate of drug-likeness (QED) is 0.791. The minimum atomic E-state index is -0.311. The predicted molar refractivity (Wildman–Crippen MR) is 84.8 cm³/mol. The number of H-pyrrole nitrogens is 1. The molecule has 2 heterocycles. The summed E-state index contributed by atoms with van der Waals surface area (Å²) < 4.78 is 1.33. The zero-order chi connectivity index (χ0) is 15.9. The molecule has 0 saturated carbocycles. The monoisotopic (exact) mass is 310 g/mol. The number of nitrogens with one attached hydrogen (secondary N) is 1. The molecule has 0 radical (unpaired) electrons. The number of fused-ring (bicyclic) bond motifs is 1. The summed E-state index contributed by atoms with van der Waals surface area (Å²) in [4.78, 5) is 18.5. The molecule has 22 heavy (non-hydrogen) atoms. The first-order valence-corrected chi connectivity index (χ1v) is 6.77. The molecule has 3 rings (SSSR count). The molecular weight excluding hydrogens is 300 g/mol. The van der Waals surface area contributed by atoms with Crippen molar-refractivity contribution in [1.29, 1.82) is 5.26 Å². The molecule has 2 aromatic rings. The summed E-state index contributed by atoms with van der Waals surface area (Å²) in [5, 5.41) is 18.9. The van der Waals surface area contributed by atoms with Crippen molar-refractivity contribution in [2.45, 2.75) is 6.92 Å². The van der Waals surface area contributed by atoms with E-state index in [1.165, 1.54) is 11.5 Å². The van der Waals surface area contributed by atoms with Crippen molar-refractivity contribution in [2.24, 2.45) is 4.99 Å². The molecule has 0 spiro atoms. The molecule has 0 fully saturated rings. The number of aromatic amines is 1. The first kappa shape index (κ1) is 14.0. The van der Waals surface area contributed by atoms with Gasteiger partial charge >= 0.3 is 0 Å². The molecule has 108 valence electrons. The Bertz CT molecular complexity index is 957. The topological polar surface area (TPSA) is 94.2 Å². The first-order valence-electron chi connectivity index (χ1n) is 6.36. The van der Waals surface area contributed by atoms with Crippen molar-refractivity contribution in [1.82, 2.24) is 9.55 Å². The van der Waals surface area contributed by atoms with Crippen molar-refractivity contribution in [3.8, 4) is 11.9 Å². The van der Waals surface area contributed by atoms with E-state index >= 15 is 0 Å². The SMILES string of the molecule is CC(=O)n1c(/C=C2\C=Nc3ccc(C#N)cc32)c(O)[nH]c1=S. The van der Waals surface area contributed by atoms with E-state index in [1.807, 2.05) is 0 Å². The number of imidazole rings is 1. The Morgan fingerprint density at radius 1 is 1.55 bits per heavy atom. The molecule has 1 aromatic heterocycles. The molecule has 0 unspecified atom stereocenters. The second-order valence-corrected chi connectivity index (χ2v) is 5.11. The normalized spacial score (nSPS) is 14.1. The number of hydrogen-bond acceptors (Lipinski definition) is 5. The van der Waals surface area contributed by atoms with Crippen LogP contribution in [0.1, 0.15) is 28.5 Å². The summed E-state index contributed by atoms with van der Waals surface area (Å²) in [6.07, 6.45) is 3.23. The lowest BCUT2D eigenvalue weighted by Crippen LogP contribution is -2.07. The van der Waals surface area contributed by atoms with Crippen LogP contribution in [0.2, 0.25) is 0 Å². The molecule has 1 aliphatic heterocycles. The van der Waals surface area contributed by atoms with Gasteiger partial charge in [0.15, 0.2) is 4.77 Å². The highest BCUT2D eigenvalue weighted by Crippen LogP contribution is 2.34. The maximum absolute atomic E-state index is 11.7. The van der Waals surface area contributed by atoms with Gasteiger partial charge in [0, 0.05) is 24.3 Å². The van der Waals surface area contributed by atoms with Crippen LogP contribution in [0.15, 0.2) is 23.2 Å². The number of benzene rings is 1. The van der Waals surface area contributed by atoms with E-state index in [0.29, 0.717) is 11.1 Å². The molecule has 1 aliphatic rings. The zero-order valence-corrected chi connectivity index (χ0v) is 12.3. The number of nitriles is 1. The van der Waals surface area contributed by atoms with E-state index in [-0.39, 0.29) is 22.3 Å². The van der Waals surface area contributed by atoms with Gasteiger partial charge in [-0.05, 0) is 36.5 Å². The maximum Gasteiger partial charge on any atom is 0.230 e. The third kappa shape index (κ3) is 2.16. The van der Waals surface area contributed by atoms with Gasteiger partial charge in [-0.15, -0.1) is 0 Å². The van der Waals surface area contributed by atoms with Crippen LogP contribution in [0.3, 0.4) is 0 Å². The lowest BCUT2D eigenvalue weighted by atomic mass is 10.0. The van der Waals surface area contributed by atoms with E-state index in [9.17, 15) is 9.90 Å². The van der Waals surface area contributed by atoms with Crippen LogP contribution in [-0.4, -0.2) is 26.8 Å². The minimum Gasteiger partial charge on any atom is -0.493 e. The van der Waals surface area contributed by atoms with Gasteiger partial charge in [-0.2, -0.15) is 5.26 Å². The standard InChI is InChI=1S/C15H10N4O2S/c1-8(20)19-13(14(21)18-15(19)22)5-10-7-17-12-3-2-9(6-16)4-11(10)12/h2-5,7,21H,1H3,(H,18,22)/b10-5+. The van der Waals surface area contributed by atoms with E-state index in [2.05, 4.69) is 16.0 Å². The van der Waals surface area contributed by atoms with E-state index in [4.69, 9.17) is 17.5 Å². The van der Waals surface area contributed by atoms with Gasteiger partial charge in [0.1, 0.15) is 5.69 Å². The van der Waals surface area contributed by atoms with Crippen LogP contribution in [0, 0.1) is 16.1 Å². The van der Waals surface area contributed by atoms with Gasteiger partial charge in [0.2, 0.25) is 11.8 Å². The van der Waals surface area contributed by atoms with Crippen molar-refractivity contribution in [3.63, 3.8) is 0 Å². The summed E-state index contributed by atoms with van der Waals surface area (Å²) >= 11 is 5.02. The third-order valence-electron chi connectivity index (χ3n) is 3.30. The summed E-state index contributed by atoms with van der Waals surface area (Å²) in [7, 11) is 0. The number of aromatic nitrogens is 2. The average molecular weight is 310 g/mol. The number of carbonyl (C=O) groups is 1. The smallest absolute Gasteiger partial charge is 0.230 e. The minimum absolute atomic E-state index is 0.123. The molecule has 0 amide bonds. The van der Waals surface area contributed by atoms with E-state index in [1.54, 1.807) is 30.5 Å². The highest BCUT2D eigenvalue weighted by Gasteiger charge is 2.17. The second kappa shape index (κ2) is 5.09. The molecular formula is C15H10N4O2S. The van der Waals surface area contributed by atoms with Gasteiger partial charge in [0.05, 0.1) is 17.3 Å². The molecule has 0 aliphatic carbocycles. The van der Waals surface area contributed by atoms with Gasteiger partial charge in [0.25, 0.3) is 0 Å². The Kier molecular flexibility index (Phi) is 3.23. The van der Waals surface area contributed by atoms with E-state index in [0.717, 1.165) is 11.3 Å². The van der Waals surface area contributed by atoms with Crippen molar-refractivity contribution in [3.05, 3.63) is 39.8 Å². The van der Waals surface area contributed by atoms with E-state index < -0.39 is 0 Å². The number of hydrogen-bond donors (Lipinski definition) is 2. The van der Waals surface area contributed by atoms with Gasteiger partial charge in [-0.1, -0.05) is 0 Å². The fraction of sp³-hybridized carbons (Fsp3) is 0.0667. The summed E-state index contributed by atoms with van der Waals surface area (Å²) in [5.74, 6) is -0.500. The van der Waals surface area contributed by atoms with Crippen molar-refractivity contribution >= 4 is 41.7 Å². The lowest BCUT2D eigenvalue weighted by molar-refractivity contribution is 0.0934. The third-order valence-corrected chi connectivity index (χ3v) is 3.58. The Labute approximate surface area is 130 Å². The van der Waals surface area contributed by atoms with Crippen LogP contribution >= 0.6 is 12.2 Å². The number of nitrogens with zero attached hydrogens (tertiary/aromatic N) is 3. The molecule has 0 bridgehead atoms. The summed E-state index contributed by atoms with van der Waals surface area (Å²) in [6.45, 7) is 1.36.